The Morgan fingerprint density at radius 1 is 1.07 bits per heavy atom. The molecule has 1 aromatic carbocycles. The third-order valence-electron chi connectivity index (χ3n) is 4.17. The van der Waals surface area contributed by atoms with Crippen molar-refractivity contribution in [3.05, 3.63) is 56.2 Å². The van der Waals surface area contributed by atoms with Crippen molar-refractivity contribution in [3.63, 3.8) is 0 Å². The lowest BCUT2D eigenvalue weighted by Crippen LogP contribution is -2.49. The van der Waals surface area contributed by atoms with Gasteiger partial charge >= 0.3 is 5.97 Å². The number of ketones is 1. The first-order valence-corrected chi connectivity index (χ1v) is 9.84. The molecule has 2 aromatic rings. The zero-order valence-electron chi connectivity index (χ0n) is 14.6. The molecular formula is C19H16BrNO5S. The molecule has 1 atom stereocenters. The van der Waals surface area contributed by atoms with Crippen molar-refractivity contribution in [1.29, 1.82) is 0 Å². The molecular weight excluding hydrogens is 434 g/mol. The second-order valence-electron chi connectivity index (χ2n) is 6.35. The Morgan fingerprint density at radius 3 is 2.15 bits per heavy atom. The number of carbonyl (C=O) groups excluding carboxylic acids is 4. The van der Waals surface area contributed by atoms with Gasteiger partial charge in [-0.15, -0.1) is 11.3 Å². The normalized spacial score (nSPS) is 14.4. The Balaban J connectivity index is 1.76. The van der Waals surface area contributed by atoms with Gasteiger partial charge in [0.1, 0.15) is 6.04 Å². The van der Waals surface area contributed by atoms with Gasteiger partial charge in [0, 0.05) is 0 Å². The Morgan fingerprint density at radius 2 is 1.67 bits per heavy atom. The monoisotopic (exact) mass is 449 g/mol. The molecule has 1 aliphatic rings. The summed E-state index contributed by atoms with van der Waals surface area (Å²) in [6.45, 7) is 2.99. The molecule has 0 aliphatic carbocycles. The molecule has 0 fully saturated rings. The van der Waals surface area contributed by atoms with Crippen LogP contribution in [0.5, 0.6) is 0 Å². The van der Waals surface area contributed by atoms with E-state index in [1.165, 1.54) is 11.3 Å². The molecule has 2 heterocycles. The van der Waals surface area contributed by atoms with Gasteiger partial charge in [0.15, 0.2) is 6.61 Å². The van der Waals surface area contributed by atoms with Crippen molar-refractivity contribution in [2.24, 2.45) is 5.92 Å². The molecule has 0 saturated carbocycles. The number of rotatable bonds is 6. The summed E-state index contributed by atoms with van der Waals surface area (Å²) >= 11 is 4.51. The SMILES string of the molecule is CC(C)[C@@H](C(=O)OCC(=O)c1ccc(Br)s1)N1C(=O)c2ccccc2C1=O. The maximum atomic E-state index is 12.6. The Bertz CT molecular complexity index is 901. The number of nitrogens with zero attached hydrogens (tertiary/aromatic N) is 1. The van der Waals surface area contributed by atoms with Crippen LogP contribution in [0.3, 0.4) is 0 Å². The van der Waals surface area contributed by atoms with Crippen LogP contribution in [0.4, 0.5) is 0 Å². The van der Waals surface area contributed by atoms with Crippen LogP contribution in [0.25, 0.3) is 0 Å². The third-order valence-corrected chi connectivity index (χ3v) is 5.83. The summed E-state index contributed by atoms with van der Waals surface area (Å²) in [4.78, 5) is 51.5. The molecule has 2 amide bonds. The van der Waals surface area contributed by atoms with E-state index in [0.717, 1.165) is 8.69 Å². The molecule has 6 nitrogen and oxygen atoms in total. The molecule has 0 spiro atoms. The number of halogens is 1. The van der Waals surface area contributed by atoms with Crippen LogP contribution in [0.1, 0.15) is 44.2 Å². The van der Waals surface area contributed by atoms with E-state index < -0.39 is 30.4 Å². The van der Waals surface area contributed by atoms with Crippen LogP contribution < -0.4 is 0 Å². The highest BCUT2D eigenvalue weighted by Gasteiger charge is 2.44. The van der Waals surface area contributed by atoms with Gasteiger partial charge in [-0.1, -0.05) is 26.0 Å². The first kappa shape index (κ1) is 19.4. The number of amides is 2. The largest absolute Gasteiger partial charge is 0.456 e. The lowest BCUT2D eigenvalue weighted by Gasteiger charge is -2.27. The highest BCUT2D eigenvalue weighted by atomic mass is 79.9. The van der Waals surface area contributed by atoms with E-state index in [1.807, 2.05) is 0 Å². The Hall–Kier alpha value is -2.32. The van der Waals surface area contributed by atoms with Crippen LogP contribution in [0.2, 0.25) is 0 Å². The maximum absolute atomic E-state index is 12.6. The van der Waals surface area contributed by atoms with Crippen LogP contribution in [0, 0.1) is 5.92 Å². The van der Waals surface area contributed by atoms with Crippen LogP contribution in [-0.4, -0.2) is 41.1 Å². The fourth-order valence-electron chi connectivity index (χ4n) is 2.89. The van der Waals surface area contributed by atoms with Crippen LogP contribution >= 0.6 is 27.3 Å². The van der Waals surface area contributed by atoms with Crippen molar-refractivity contribution in [3.8, 4) is 0 Å². The van der Waals surface area contributed by atoms with E-state index in [2.05, 4.69) is 15.9 Å². The van der Waals surface area contributed by atoms with Crippen molar-refractivity contribution < 1.29 is 23.9 Å². The molecule has 8 heteroatoms. The predicted octanol–water partition coefficient (Wildman–Crippen LogP) is 3.56. The van der Waals surface area contributed by atoms with Crippen molar-refractivity contribution in [2.75, 3.05) is 6.61 Å². The summed E-state index contributed by atoms with van der Waals surface area (Å²) in [5, 5.41) is 0. The fourth-order valence-corrected chi connectivity index (χ4v) is 4.20. The van der Waals surface area contributed by atoms with Gasteiger partial charge in [0.05, 0.1) is 19.8 Å². The topological polar surface area (TPSA) is 80.8 Å². The average molecular weight is 450 g/mol. The number of hydrogen-bond donors (Lipinski definition) is 0. The number of carbonyl (C=O) groups is 4. The number of Topliss-reactive ketones (excluding diaryl/α,β-unsaturated/α-hetero) is 1. The molecule has 0 saturated heterocycles. The van der Waals surface area contributed by atoms with E-state index in [4.69, 9.17) is 4.74 Å². The molecule has 1 aliphatic heterocycles. The number of ether oxygens (including phenoxy) is 1. The van der Waals surface area contributed by atoms with E-state index >= 15 is 0 Å². The summed E-state index contributed by atoms with van der Waals surface area (Å²) in [5.41, 5.74) is 0.529. The second-order valence-corrected chi connectivity index (χ2v) is 8.81. The molecule has 0 unspecified atom stereocenters. The standard InChI is InChI=1S/C19H16BrNO5S/c1-10(2)16(19(25)26-9-13(22)14-7-8-15(20)27-14)21-17(23)11-5-3-4-6-12(11)18(21)24/h3-8,10,16H,9H2,1-2H3/t16-/m0/s1. The zero-order chi connectivity index (χ0) is 19.7. The van der Waals surface area contributed by atoms with Gasteiger partial charge in [-0.05, 0) is 46.1 Å². The fraction of sp³-hybridized carbons (Fsp3) is 0.263. The summed E-state index contributed by atoms with van der Waals surface area (Å²) < 4.78 is 5.95. The quantitative estimate of drug-likeness (QED) is 0.382. The highest BCUT2D eigenvalue weighted by molar-refractivity contribution is 9.11. The molecule has 3 rings (SSSR count). The average Bonchev–Trinajstić information content (AvgIpc) is 3.17. The summed E-state index contributed by atoms with van der Waals surface area (Å²) in [7, 11) is 0. The number of imide groups is 1. The van der Waals surface area contributed by atoms with E-state index in [1.54, 1.807) is 50.2 Å². The number of hydrogen-bond acceptors (Lipinski definition) is 6. The number of fused-ring (bicyclic) bond motifs is 1. The van der Waals surface area contributed by atoms with E-state index in [0.29, 0.717) is 4.88 Å². The van der Waals surface area contributed by atoms with Crippen LogP contribution in [0.15, 0.2) is 40.2 Å². The maximum Gasteiger partial charge on any atom is 0.330 e. The summed E-state index contributed by atoms with van der Waals surface area (Å²) in [5.74, 6) is -2.54. The van der Waals surface area contributed by atoms with E-state index in [9.17, 15) is 19.2 Å². The summed E-state index contributed by atoms with van der Waals surface area (Å²) in [6.07, 6.45) is 0. The van der Waals surface area contributed by atoms with Crippen molar-refractivity contribution >= 4 is 50.8 Å². The molecule has 0 bridgehead atoms. The van der Waals surface area contributed by atoms with Gasteiger partial charge in [0.25, 0.3) is 11.8 Å². The number of esters is 1. The van der Waals surface area contributed by atoms with Gasteiger partial charge in [-0.25, -0.2) is 4.79 Å². The van der Waals surface area contributed by atoms with Gasteiger partial charge in [0.2, 0.25) is 5.78 Å². The lowest BCUT2D eigenvalue weighted by molar-refractivity contribution is -0.148. The minimum absolute atomic E-state index is 0.264. The highest BCUT2D eigenvalue weighted by Crippen LogP contribution is 2.28. The minimum atomic E-state index is -1.10. The van der Waals surface area contributed by atoms with Crippen molar-refractivity contribution in [1.82, 2.24) is 4.90 Å². The van der Waals surface area contributed by atoms with Gasteiger partial charge < -0.3 is 4.74 Å². The molecule has 27 heavy (non-hydrogen) atoms. The zero-order valence-corrected chi connectivity index (χ0v) is 17.0. The predicted molar refractivity (Wildman–Crippen MR) is 103 cm³/mol. The van der Waals surface area contributed by atoms with Gasteiger partial charge in [-0.2, -0.15) is 0 Å². The van der Waals surface area contributed by atoms with E-state index in [-0.39, 0.29) is 22.8 Å². The number of thiophene rings is 1. The van der Waals surface area contributed by atoms with Crippen molar-refractivity contribution in [2.45, 2.75) is 19.9 Å². The first-order valence-electron chi connectivity index (χ1n) is 8.23. The molecule has 0 N–H and O–H groups in total. The number of benzene rings is 1. The summed E-state index contributed by atoms with van der Waals surface area (Å²) in [6, 6.07) is 8.69. The Labute approximate surface area is 168 Å². The molecule has 140 valence electrons. The second kappa shape index (κ2) is 7.74. The van der Waals surface area contributed by atoms with Crippen LogP contribution in [-0.2, 0) is 9.53 Å². The Kier molecular flexibility index (Phi) is 5.57. The minimum Gasteiger partial charge on any atom is -0.456 e. The first-order chi connectivity index (χ1) is 12.8. The molecule has 1 aromatic heterocycles. The lowest BCUT2D eigenvalue weighted by atomic mass is 10.0. The molecule has 0 radical (unpaired) electrons. The van der Waals surface area contributed by atoms with Gasteiger partial charge in [-0.3, -0.25) is 19.3 Å². The third kappa shape index (κ3) is 3.72. The smallest absolute Gasteiger partial charge is 0.330 e.